The average molecular weight is 301 g/mol. The van der Waals surface area contributed by atoms with Crippen LogP contribution in [0.2, 0.25) is 0 Å². The summed E-state index contributed by atoms with van der Waals surface area (Å²) in [6.07, 6.45) is 1.60. The summed E-state index contributed by atoms with van der Waals surface area (Å²) >= 11 is 0. The third-order valence-electron chi connectivity index (χ3n) is 3.80. The molecular formula is C16H16FN3O2. The van der Waals surface area contributed by atoms with Gasteiger partial charge in [0.05, 0.1) is 12.1 Å². The van der Waals surface area contributed by atoms with Crippen molar-refractivity contribution in [2.24, 2.45) is 5.92 Å². The highest BCUT2D eigenvalue weighted by Crippen LogP contribution is 2.22. The molecule has 1 aliphatic rings. The Kier molecular flexibility index (Phi) is 3.52. The van der Waals surface area contributed by atoms with E-state index in [-0.39, 0.29) is 18.4 Å². The lowest BCUT2D eigenvalue weighted by Crippen LogP contribution is -2.34. The molecule has 5 nitrogen and oxygen atoms in total. The van der Waals surface area contributed by atoms with E-state index in [2.05, 4.69) is 10.3 Å². The van der Waals surface area contributed by atoms with Crippen molar-refractivity contribution < 1.29 is 14.0 Å². The normalized spacial score (nSPS) is 18.4. The molecule has 2 aromatic rings. The molecular weight excluding hydrogens is 285 g/mol. The lowest BCUT2D eigenvalue weighted by Gasteiger charge is -2.15. The van der Waals surface area contributed by atoms with Gasteiger partial charge in [-0.2, -0.15) is 0 Å². The molecule has 3 rings (SSSR count). The first kappa shape index (κ1) is 14.4. The van der Waals surface area contributed by atoms with Crippen molar-refractivity contribution in [3.8, 4) is 0 Å². The summed E-state index contributed by atoms with van der Waals surface area (Å²) in [7, 11) is 0. The van der Waals surface area contributed by atoms with E-state index in [1.165, 1.54) is 12.1 Å². The van der Waals surface area contributed by atoms with Gasteiger partial charge in [0.25, 0.3) is 5.91 Å². The van der Waals surface area contributed by atoms with Crippen LogP contribution in [0.4, 0.5) is 9.18 Å². The van der Waals surface area contributed by atoms with Crippen LogP contribution in [0.3, 0.4) is 0 Å². The summed E-state index contributed by atoms with van der Waals surface area (Å²) in [6, 6.07) is 5.19. The van der Waals surface area contributed by atoms with Crippen molar-refractivity contribution >= 4 is 22.8 Å². The number of pyridine rings is 1. The highest BCUT2D eigenvalue weighted by molar-refractivity contribution is 6.04. The molecule has 1 N–H and O–H groups in total. The SMILES string of the molecule is CC(C)[C@H]1NC(=O)N(Cc2cc(F)cc3cccnc23)C1=O. The lowest BCUT2D eigenvalue weighted by molar-refractivity contribution is -0.128. The Hall–Kier alpha value is -2.50. The van der Waals surface area contributed by atoms with E-state index in [1.54, 1.807) is 18.3 Å². The number of amides is 3. The molecule has 1 aromatic heterocycles. The molecule has 2 heterocycles. The monoisotopic (exact) mass is 301 g/mol. The van der Waals surface area contributed by atoms with E-state index in [1.807, 2.05) is 13.8 Å². The van der Waals surface area contributed by atoms with Gasteiger partial charge in [-0.1, -0.05) is 19.9 Å². The average Bonchev–Trinajstić information content (AvgIpc) is 2.75. The second-order valence-electron chi connectivity index (χ2n) is 5.74. The van der Waals surface area contributed by atoms with Crippen LogP contribution in [0.15, 0.2) is 30.5 Å². The molecule has 1 fully saturated rings. The van der Waals surface area contributed by atoms with Gasteiger partial charge in [-0.05, 0) is 24.1 Å². The second kappa shape index (κ2) is 5.36. The molecule has 0 unspecified atom stereocenters. The van der Waals surface area contributed by atoms with E-state index in [9.17, 15) is 14.0 Å². The standard InChI is InChI=1S/C16H16FN3O2/c1-9(2)13-15(21)20(16(22)19-13)8-11-7-12(17)6-10-4-3-5-18-14(10)11/h3-7,9,13H,8H2,1-2H3,(H,19,22)/t13-/m1/s1. The summed E-state index contributed by atoms with van der Waals surface area (Å²) in [5, 5.41) is 3.30. The molecule has 0 bridgehead atoms. The molecule has 1 aliphatic heterocycles. The first-order valence-electron chi connectivity index (χ1n) is 7.12. The zero-order valence-corrected chi connectivity index (χ0v) is 12.3. The maximum absolute atomic E-state index is 13.7. The quantitative estimate of drug-likeness (QED) is 0.886. The number of urea groups is 1. The zero-order chi connectivity index (χ0) is 15.9. The van der Waals surface area contributed by atoms with Crippen LogP contribution >= 0.6 is 0 Å². The van der Waals surface area contributed by atoms with Crippen molar-refractivity contribution in [3.63, 3.8) is 0 Å². The summed E-state index contributed by atoms with van der Waals surface area (Å²) in [5.74, 6) is -0.694. The van der Waals surface area contributed by atoms with Gasteiger partial charge in [0.15, 0.2) is 0 Å². The molecule has 3 amide bonds. The van der Waals surface area contributed by atoms with Crippen LogP contribution in [-0.4, -0.2) is 27.9 Å². The van der Waals surface area contributed by atoms with E-state index in [0.717, 1.165) is 4.90 Å². The highest BCUT2D eigenvalue weighted by atomic mass is 19.1. The van der Waals surface area contributed by atoms with Crippen LogP contribution < -0.4 is 5.32 Å². The number of aromatic nitrogens is 1. The maximum atomic E-state index is 13.7. The van der Waals surface area contributed by atoms with Crippen molar-refractivity contribution in [2.45, 2.75) is 26.4 Å². The number of rotatable bonds is 3. The first-order chi connectivity index (χ1) is 10.5. The molecule has 0 saturated carbocycles. The number of nitrogens with zero attached hydrogens (tertiary/aromatic N) is 2. The number of carbonyl (C=O) groups is 2. The zero-order valence-electron chi connectivity index (χ0n) is 12.3. The predicted molar refractivity (Wildman–Crippen MR) is 79.4 cm³/mol. The minimum Gasteiger partial charge on any atom is -0.326 e. The fourth-order valence-electron chi connectivity index (χ4n) is 2.66. The van der Waals surface area contributed by atoms with Gasteiger partial charge in [0.1, 0.15) is 11.9 Å². The number of nitrogens with one attached hydrogen (secondary N) is 1. The van der Waals surface area contributed by atoms with Gasteiger partial charge in [-0.15, -0.1) is 0 Å². The number of fused-ring (bicyclic) bond motifs is 1. The number of benzene rings is 1. The number of carbonyl (C=O) groups excluding carboxylic acids is 2. The lowest BCUT2D eigenvalue weighted by atomic mass is 10.0. The summed E-state index contributed by atoms with van der Waals surface area (Å²) < 4.78 is 13.7. The number of hydrogen-bond acceptors (Lipinski definition) is 3. The van der Waals surface area contributed by atoms with Crippen LogP contribution in [0.25, 0.3) is 10.9 Å². The van der Waals surface area contributed by atoms with Crippen molar-refractivity contribution in [1.29, 1.82) is 0 Å². The van der Waals surface area contributed by atoms with Gasteiger partial charge in [-0.3, -0.25) is 14.7 Å². The highest BCUT2D eigenvalue weighted by Gasteiger charge is 2.39. The van der Waals surface area contributed by atoms with Gasteiger partial charge < -0.3 is 5.32 Å². The molecule has 1 saturated heterocycles. The van der Waals surface area contributed by atoms with Gasteiger partial charge in [0.2, 0.25) is 0 Å². The van der Waals surface area contributed by atoms with E-state index < -0.39 is 17.9 Å². The van der Waals surface area contributed by atoms with Gasteiger partial charge in [-0.25, -0.2) is 9.18 Å². The van der Waals surface area contributed by atoms with Crippen molar-refractivity contribution in [1.82, 2.24) is 15.2 Å². The third-order valence-corrected chi connectivity index (χ3v) is 3.80. The fraction of sp³-hybridized carbons (Fsp3) is 0.312. The largest absolute Gasteiger partial charge is 0.326 e. The topological polar surface area (TPSA) is 62.3 Å². The Bertz CT molecular complexity index is 760. The summed E-state index contributed by atoms with van der Waals surface area (Å²) in [5.41, 5.74) is 1.11. The van der Waals surface area contributed by atoms with Crippen molar-refractivity contribution in [2.75, 3.05) is 0 Å². The third kappa shape index (κ3) is 2.41. The van der Waals surface area contributed by atoms with Crippen molar-refractivity contribution in [3.05, 3.63) is 41.8 Å². The predicted octanol–water partition coefficient (Wildman–Crippen LogP) is 2.45. The van der Waals surface area contributed by atoms with E-state index in [0.29, 0.717) is 16.5 Å². The Morgan fingerprint density at radius 1 is 1.36 bits per heavy atom. The van der Waals surface area contributed by atoms with E-state index >= 15 is 0 Å². The van der Waals surface area contributed by atoms with E-state index in [4.69, 9.17) is 0 Å². The maximum Gasteiger partial charge on any atom is 0.325 e. The smallest absolute Gasteiger partial charge is 0.325 e. The van der Waals surface area contributed by atoms with Gasteiger partial charge in [0, 0.05) is 17.1 Å². The van der Waals surface area contributed by atoms with Crippen LogP contribution in [0, 0.1) is 11.7 Å². The fourth-order valence-corrected chi connectivity index (χ4v) is 2.66. The number of halogens is 1. The molecule has 1 atom stereocenters. The molecule has 0 spiro atoms. The number of imide groups is 1. The Balaban J connectivity index is 1.97. The molecule has 6 heteroatoms. The van der Waals surface area contributed by atoms with Gasteiger partial charge >= 0.3 is 6.03 Å². The molecule has 0 radical (unpaired) electrons. The minimum atomic E-state index is -0.528. The summed E-state index contributed by atoms with van der Waals surface area (Å²) in [6.45, 7) is 3.75. The molecule has 0 aliphatic carbocycles. The number of hydrogen-bond donors (Lipinski definition) is 1. The Morgan fingerprint density at radius 3 is 2.82 bits per heavy atom. The molecule has 114 valence electrons. The second-order valence-corrected chi connectivity index (χ2v) is 5.74. The first-order valence-corrected chi connectivity index (χ1v) is 7.12. The summed E-state index contributed by atoms with van der Waals surface area (Å²) in [4.78, 5) is 29.7. The van der Waals surface area contributed by atoms with Crippen LogP contribution in [-0.2, 0) is 11.3 Å². The van der Waals surface area contributed by atoms with Crippen LogP contribution in [0.5, 0.6) is 0 Å². The molecule has 22 heavy (non-hydrogen) atoms. The van der Waals surface area contributed by atoms with Crippen LogP contribution in [0.1, 0.15) is 19.4 Å². The molecule has 1 aromatic carbocycles. The Morgan fingerprint density at radius 2 is 2.14 bits per heavy atom. The minimum absolute atomic E-state index is 0.00355. The Labute approximate surface area is 127 Å².